The van der Waals surface area contributed by atoms with Crippen LogP contribution in [0.25, 0.3) is 49.4 Å². The molecule has 47 heavy (non-hydrogen) atoms. The fraction of sp³-hybridized carbons (Fsp3) is 0. The number of benzene rings is 7. The van der Waals surface area contributed by atoms with E-state index in [-0.39, 0.29) is 0 Å². The number of nitriles is 1. The molecule has 220 valence electrons. The van der Waals surface area contributed by atoms with Crippen molar-refractivity contribution >= 4 is 72.6 Å². The highest BCUT2D eigenvalue weighted by molar-refractivity contribution is 7.20. The van der Waals surface area contributed by atoms with Crippen LogP contribution < -0.4 is 20.7 Å². The molecule has 0 spiro atoms. The van der Waals surface area contributed by atoms with Gasteiger partial charge < -0.3 is 8.98 Å². The highest BCUT2D eigenvalue weighted by atomic mass is 28.3. The number of fused-ring (bicyclic) bond motifs is 6. The van der Waals surface area contributed by atoms with Crippen molar-refractivity contribution in [3.8, 4) is 11.8 Å². The number of nitrogens with zero attached hydrogens (tertiary/aromatic N) is 2. The van der Waals surface area contributed by atoms with E-state index in [0.29, 0.717) is 5.56 Å². The number of aromatic nitrogens is 1. The van der Waals surface area contributed by atoms with Crippen molar-refractivity contribution in [2.45, 2.75) is 0 Å². The van der Waals surface area contributed by atoms with Crippen LogP contribution in [0.15, 0.2) is 174 Å². The van der Waals surface area contributed by atoms with E-state index in [1.54, 1.807) is 0 Å². The Morgan fingerprint density at radius 1 is 0.489 bits per heavy atom. The van der Waals surface area contributed by atoms with Crippen molar-refractivity contribution in [3.63, 3.8) is 0 Å². The summed E-state index contributed by atoms with van der Waals surface area (Å²) in [4.78, 5) is 0. The molecule has 0 fully saturated rings. The molecule has 9 rings (SSSR count). The quantitative estimate of drug-likeness (QED) is 0.146. The summed E-state index contributed by atoms with van der Waals surface area (Å²) in [6, 6.07) is 62.5. The molecule has 0 saturated heterocycles. The van der Waals surface area contributed by atoms with Crippen LogP contribution in [0.4, 0.5) is 0 Å². The van der Waals surface area contributed by atoms with Crippen molar-refractivity contribution in [2.75, 3.05) is 0 Å². The van der Waals surface area contributed by atoms with E-state index in [1.165, 1.54) is 21.1 Å². The molecule has 0 saturated carbocycles. The van der Waals surface area contributed by atoms with Gasteiger partial charge in [0, 0.05) is 21.5 Å². The van der Waals surface area contributed by atoms with Gasteiger partial charge in [0.15, 0.2) is 8.07 Å². The molecule has 0 radical (unpaired) electrons. The third-order valence-electron chi connectivity index (χ3n) is 9.59. The van der Waals surface area contributed by atoms with Crippen molar-refractivity contribution < 1.29 is 4.42 Å². The average molecular weight is 617 g/mol. The first-order valence-corrected chi connectivity index (χ1v) is 17.8. The zero-order chi connectivity index (χ0) is 31.4. The van der Waals surface area contributed by atoms with Crippen LogP contribution in [0, 0.1) is 11.3 Å². The number of furan rings is 1. The van der Waals surface area contributed by atoms with Crippen LogP contribution in [0.2, 0.25) is 0 Å². The van der Waals surface area contributed by atoms with Gasteiger partial charge in [0.05, 0.1) is 22.3 Å². The van der Waals surface area contributed by atoms with Crippen LogP contribution in [0.5, 0.6) is 0 Å². The summed E-state index contributed by atoms with van der Waals surface area (Å²) in [6.45, 7) is 0. The normalized spacial score (nSPS) is 11.8. The van der Waals surface area contributed by atoms with Gasteiger partial charge in [-0.2, -0.15) is 5.26 Å². The minimum atomic E-state index is -3.04. The molecule has 0 N–H and O–H groups in total. The monoisotopic (exact) mass is 616 g/mol. The first kappa shape index (κ1) is 27.2. The SMILES string of the molecule is N#Cc1cc([Si](c2ccccc2)(c2ccccc2)c2cccc3c2oc2ccccc23)ccc1-n1c2ccccc2c2ccccc21. The lowest BCUT2D eigenvalue weighted by Gasteiger charge is -2.34. The van der Waals surface area contributed by atoms with E-state index in [9.17, 15) is 5.26 Å². The van der Waals surface area contributed by atoms with Crippen LogP contribution in [-0.4, -0.2) is 12.6 Å². The third kappa shape index (κ3) is 3.97. The minimum absolute atomic E-state index is 0.634. The maximum absolute atomic E-state index is 10.9. The van der Waals surface area contributed by atoms with E-state index in [1.807, 2.05) is 12.1 Å². The molecule has 0 aliphatic carbocycles. The molecular formula is C43H28N2OSi. The van der Waals surface area contributed by atoms with Crippen molar-refractivity contribution in [1.29, 1.82) is 5.26 Å². The Labute approximate surface area is 273 Å². The van der Waals surface area contributed by atoms with Crippen LogP contribution >= 0.6 is 0 Å². The minimum Gasteiger partial charge on any atom is -0.456 e. The first-order chi connectivity index (χ1) is 23.3. The Hall–Kier alpha value is -6.15. The molecule has 0 amide bonds. The van der Waals surface area contributed by atoms with Gasteiger partial charge in [-0.1, -0.05) is 140 Å². The maximum atomic E-state index is 10.9. The summed E-state index contributed by atoms with van der Waals surface area (Å²) >= 11 is 0. The lowest BCUT2D eigenvalue weighted by molar-refractivity contribution is 0.671. The maximum Gasteiger partial charge on any atom is 0.184 e. The molecule has 4 heteroatoms. The van der Waals surface area contributed by atoms with Gasteiger partial charge in [0.1, 0.15) is 17.2 Å². The lowest BCUT2D eigenvalue weighted by Crippen LogP contribution is -2.74. The second-order valence-corrected chi connectivity index (χ2v) is 15.7. The number of rotatable bonds is 5. The molecule has 0 bridgehead atoms. The van der Waals surface area contributed by atoms with Gasteiger partial charge in [0.25, 0.3) is 0 Å². The molecule has 0 unspecified atom stereocenters. The highest BCUT2D eigenvalue weighted by Gasteiger charge is 2.44. The van der Waals surface area contributed by atoms with Crippen LogP contribution in [0.1, 0.15) is 5.56 Å². The van der Waals surface area contributed by atoms with E-state index in [2.05, 4.69) is 168 Å². The fourth-order valence-corrected chi connectivity index (χ4v) is 12.5. The predicted octanol–water partition coefficient (Wildman–Crippen LogP) is 7.93. The average Bonchev–Trinajstić information content (AvgIpc) is 3.69. The highest BCUT2D eigenvalue weighted by Crippen LogP contribution is 2.33. The van der Waals surface area contributed by atoms with E-state index < -0.39 is 8.07 Å². The van der Waals surface area contributed by atoms with Crippen molar-refractivity contribution in [2.24, 2.45) is 0 Å². The van der Waals surface area contributed by atoms with Gasteiger partial charge in [-0.3, -0.25) is 0 Å². The zero-order valence-corrected chi connectivity index (χ0v) is 26.5. The van der Waals surface area contributed by atoms with Gasteiger partial charge in [-0.05, 0) is 51.1 Å². The Morgan fingerprint density at radius 3 is 1.68 bits per heavy atom. The largest absolute Gasteiger partial charge is 0.456 e. The van der Waals surface area contributed by atoms with Gasteiger partial charge in [0.2, 0.25) is 0 Å². The molecule has 9 aromatic rings. The van der Waals surface area contributed by atoms with Crippen LogP contribution in [0.3, 0.4) is 0 Å². The Morgan fingerprint density at radius 2 is 1.04 bits per heavy atom. The zero-order valence-electron chi connectivity index (χ0n) is 25.5. The Kier molecular flexibility index (Phi) is 6.21. The first-order valence-electron chi connectivity index (χ1n) is 15.8. The third-order valence-corrected chi connectivity index (χ3v) is 14.4. The molecule has 2 aromatic heterocycles. The second kappa shape index (κ2) is 10.7. The van der Waals surface area contributed by atoms with Gasteiger partial charge in [-0.25, -0.2) is 0 Å². The molecule has 2 heterocycles. The summed E-state index contributed by atoms with van der Waals surface area (Å²) in [7, 11) is -3.04. The van der Waals surface area contributed by atoms with Crippen molar-refractivity contribution in [1.82, 2.24) is 4.57 Å². The standard InChI is InChI=1S/C43H28N2OSi/c44-29-30-28-33(26-27-38(30)45-39-22-10-7-18-34(39)35-19-8-11-23-40(35)45)47(31-14-3-1-4-15-31,32-16-5-2-6-17-32)42-25-13-21-37-36-20-9-12-24-41(36)46-43(37)42/h1-28H. The number of para-hydroxylation sites is 4. The van der Waals surface area contributed by atoms with E-state index in [4.69, 9.17) is 4.42 Å². The van der Waals surface area contributed by atoms with Gasteiger partial charge >= 0.3 is 0 Å². The fourth-order valence-electron chi connectivity index (χ4n) is 7.62. The summed E-state index contributed by atoms with van der Waals surface area (Å²) in [5, 5.41) is 20.2. The summed E-state index contributed by atoms with van der Waals surface area (Å²) in [5.41, 5.74) is 5.45. The van der Waals surface area contributed by atoms with E-state index in [0.717, 1.165) is 49.0 Å². The molecule has 0 aliphatic rings. The molecule has 0 aliphatic heterocycles. The summed E-state index contributed by atoms with van der Waals surface area (Å²) < 4.78 is 8.99. The van der Waals surface area contributed by atoms with Crippen LogP contribution in [-0.2, 0) is 0 Å². The summed E-state index contributed by atoms with van der Waals surface area (Å²) in [5.74, 6) is 0. The topological polar surface area (TPSA) is 41.9 Å². The number of hydrogen-bond acceptors (Lipinski definition) is 2. The number of hydrogen-bond donors (Lipinski definition) is 0. The Bertz CT molecular complexity index is 2550. The van der Waals surface area contributed by atoms with Gasteiger partial charge in [-0.15, -0.1) is 0 Å². The van der Waals surface area contributed by atoms with Crippen molar-refractivity contribution in [3.05, 3.63) is 175 Å². The smallest absolute Gasteiger partial charge is 0.184 e. The predicted molar refractivity (Wildman–Crippen MR) is 196 cm³/mol. The molecule has 0 atom stereocenters. The van der Waals surface area contributed by atoms with E-state index >= 15 is 0 Å². The molecule has 3 nitrogen and oxygen atoms in total. The Balaban J connectivity index is 1.40. The summed E-state index contributed by atoms with van der Waals surface area (Å²) in [6.07, 6.45) is 0. The second-order valence-electron chi connectivity index (χ2n) is 12.0. The molecular weight excluding hydrogens is 589 g/mol. The molecule has 7 aromatic carbocycles. The lowest BCUT2D eigenvalue weighted by atomic mass is 10.1.